The fraction of sp³-hybridized carbons (Fsp3) is 0.538. The predicted octanol–water partition coefficient (Wildman–Crippen LogP) is -0.0285. The van der Waals surface area contributed by atoms with Crippen molar-refractivity contribution in [3.05, 3.63) is 30.1 Å². The van der Waals surface area contributed by atoms with Crippen LogP contribution in [0.2, 0.25) is 0 Å². The van der Waals surface area contributed by atoms with Crippen molar-refractivity contribution in [1.29, 1.82) is 0 Å². The van der Waals surface area contributed by atoms with Crippen LogP contribution in [0.4, 0.5) is 0 Å². The summed E-state index contributed by atoms with van der Waals surface area (Å²) in [6.07, 6.45) is 4.66. The molecule has 1 heterocycles. The molecule has 0 aliphatic carbocycles. The molecular formula is C13H21N2O4S+. The number of likely N-dealkylation sites (N-methyl/N-ethyl adjacent to an activating group) is 1. The van der Waals surface area contributed by atoms with E-state index in [0.717, 1.165) is 5.56 Å². The second-order valence-corrected chi connectivity index (χ2v) is 6.31. The Balaban J connectivity index is 2.54. The Bertz CT molecular complexity index is 540. The molecular weight excluding hydrogens is 280 g/mol. The maximum absolute atomic E-state index is 11.3. The van der Waals surface area contributed by atoms with E-state index in [4.69, 9.17) is 4.55 Å². The molecule has 1 aromatic heterocycles. The minimum Gasteiger partial charge on any atom is -0.310 e. The lowest BCUT2D eigenvalue weighted by molar-refractivity contribution is -0.696. The van der Waals surface area contributed by atoms with E-state index in [-0.39, 0.29) is 17.6 Å². The minimum atomic E-state index is -3.89. The Hall–Kier alpha value is -1.31. The number of hydrogen-bond donors (Lipinski definition) is 2. The molecule has 0 radical (unpaired) electrons. The second kappa shape index (κ2) is 7.47. The second-order valence-electron chi connectivity index (χ2n) is 4.74. The number of aromatic nitrogens is 1. The van der Waals surface area contributed by atoms with Crippen molar-refractivity contribution in [3.8, 4) is 0 Å². The lowest BCUT2D eigenvalue weighted by Gasteiger charge is -2.11. The normalized spacial score (nSPS) is 13.2. The van der Waals surface area contributed by atoms with E-state index in [1.807, 2.05) is 29.1 Å². The summed E-state index contributed by atoms with van der Waals surface area (Å²) in [5, 5.41) is 2.96. The van der Waals surface area contributed by atoms with Gasteiger partial charge in [0, 0.05) is 18.6 Å². The van der Waals surface area contributed by atoms with Crippen LogP contribution in [0.3, 0.4) is 0 Å². The number of carbonyl (C=O) groups is 1. The molecule has 0 amide bonds. The smallest absolute Gasteiger partial charge is 0.265 e. The molecule has 0 aliphatic heterocycles. The van der Waals surface area contributed by atoms with Crippen molar-refractivity contribution < 1.29 is 22.3 Å². The van der Waals surface area contributed by atoms with E-state index < -0.39 is 10.1 Å². The molecule has 0 bridgehead atoms. The summed E-state index contributed by atoms with van der Waals surface area (Å²) in [7, 11) is -2.14. The van der Waals surface area contributed by atoms with E-state index in [1.54, 1.807) is 14.0 Å². The van der Waals surface area contributed by atoms with Gasteiger partial charge in [-0.05, 0) is 26.0 Å². The molecule has 2 N–H and O–H groups in total. The van der Waals surface area contributed by atoms with E-state index in [9.17, 15) is 13.2 Å². The number of nitrogens with zero attached hydrogens (tertiary/aromatic N) is 1. The van der Waals surface area contributed by atoms with Gasteiger partial charge in [0.1, 0.15) is 12.3 Å². The van der Waals surface area contributed by atoms with Crippen LogP contribution >= 0.6 is 0 Å². The maximum atomic E-state index is 11.3. The SMILES string of the molecule is CN[C@H](Cc1cc[n+](CCCS(=O)(=O)O)cc1)C(C)=O. The molecule has 1 rings (SSSR count). The molecule has 1 aromatic rings. The quantitative estimate of drug-likeness (QED) is 0.520. The lowest BCUT2D eigenvalue weighted by Crippen LogP contribution is -2.36. The third-order valence-electron chi connectivity index (χ3n) is 3.06. The summed E-state index contributed by atoms with van der Waals surface area (Å²) in [4.78, 5) is 11.3. The average molecular weight is 301 g/mol. The fourth-order valence-corrected chi connectivity index (χ4v) is 2.38. The van der Waals surface area contributed by atoms with Gasteiger partial charge in [0.2, 0.25) is 0 Å². The van der Waals surface area contributed by atoms with Crippen molar-refractivity contribution in [2.24, 2.45) is 0 Å². The number of ketones is 1. The summed E-state index contributed by atoms with van der Waals surface area (Å²) >= 11 is 0. The van der Waals surface area contributed by atoms with Crippen molar-refractivity contribution in [2.45, 2.75) is 32.4 Å². The number of hydrogen-bond acceptors (Lipinski definition) is 4. The first-order chi connectivity index (χ1) is 9.31. The van der Waals surface area contributed by atoms with Crippen LogP contribution < -0.4 is 9.88 Å². The van der Waals surface area contributed by atoms with Gasteiger partial charge in [-0.25, -0.2) is 4.57 Å². The summed E-state index contributed by atoms with van der Waals surface area (Å²) in [5.41, 5.74) is 1.03. The molecule has 7 heteroatoms. The molecule has 20 heavy (non-hydrogen) atoms. The average Bonchev–Trinajstić information content (AvgIpc) is 2.35. The van der Waals surface area contributed by atoms with Crippen LogP contribution in [-0.4, -0.2) is 37.6 Å². The van der Waals surface area contributed by atoms with Gasteiger partial charge >= 0.3 is 0 Å². The molecule has 0 aliphatic rings. The Morgan fingerprint density at radius 2 is 2.00 bits per heavy atom. The standard InChI is InChI=1S/C13H20N2O4S/c1-11(16)13(14-2)10-12-4-7-15(8-5-12)6-3-9-20(17,18)19/h4-5,7-8,13-14H,3,6,9-10H2,1-2H3/p+1/t13-/m1/s1. The van der Waals surface area contributed by atoms with Crippen LogP contribution in [0.25, 0.3) is 0 Å². The third-order valence-corrected chi connectivity index (χ3v) is 3.86. The number of Topliss-reactive ketones (excluding diaryl/α,β-unsaturated/α-hetero) is 1. The highest BCUT2D eigenvalue weighted by Gasteiger charge is 2.13. The zero-order valence-electron chi connectivity index (χ0n) is 11.7. The van der Waals surface area contributed by atoms with Crippen LogP contribution in [0.1, 0.15) is 18.9 Å². The van der Waals surface area contributed by atoms with Gasteiger partial charge in [-0.15, -0.1) is 0 Å². The summed E-state index contributed by atoms with van der Waals surface area (Å²) in [6, 6.07) is 3.62. The maximum Gasteiger partial charge on any atom is 0.265 e. The molecule has 0 spiro atoms. The van der Waals surface area contributed by atoms with Crippen LogP contribution in [0.5, 0.6) is 0 Å². The van der Waals surface area contributed by atoms with Gasteiger partial charge in [0.15, 0.2) is 12.4 Å². The topological polar surface area (TPSA) is 87.3 Å². The number of aryl methyl sites for hydroxylation is 1. The van der Waals surface area contributed by atoms with Gasteiger partial charge in [-0.1, -0.05) is 0 Å². The molecule has 0 saturated carbocycles. The first kappa shape index (κ1) is 16.7. The molecule has 0 unspecified atom stereocenters. The molecule has 0 fully saturated rings. The first-order valence-corrected chi connectivity index (χ1v) is 8.03. The molecule has 112 valence electrons. The zero-order valence-corrected chi connectivity index (χ0v) is 12.6. The lowest BCUT2D eigenvalue weighted by atomic mass is 10.0. The van der Waals surface area contributed by atoms with Crippen molar-refractivity contribution in [1.82, 2.24) is 5.32 Å². The summed E-state index contributed by atoms with van der Waals surface area (Å²) in [6.45, 7) is 2.07. The fourth-order valence-electron chi connectivity index (χ4n) is 1.89. The highest BCUT2D eigenvalue weighted by atomic mass is 32.2. The predicted molar refractivity (Wildman–Crippen MR) is 74.9 cm³/mol. The van der Waals surface area contributed by atoms with Gasteiger partial charge in [-0.2, -0.15) is 8.42 Å². The Kier molecular flexibility index (Phi) is 6.25. The van der Waals surface area contributed by atoms with E-state index >= 15 is 0 Å². The Morgan fingerprint density at radius 1 is 1.40 bits per heavy atom. The minimum absolute atomic E-state index is 0.0948. The first-order valence-electron chi connectivity index (χ1n) is 6.42. The Morgan fingerprint density at radius 3 is 2.45 bits per heavy atom. The molecule has 0 saturated heterocycles. The monoisotopic (exact) mass is 301 g/mol. The van der Waals surface area contributed by atoms with Crippen LogP contribution in [0.15, 0.2) is 24.5 Å². The van der Waals surface area contributed by atoms with Crippen molar-refractivity contribution in [3.63, 3.8) is 0 Å². The van der Waals surface area contributed by atoms with E-state index in [0.29, 0.717) is 19.4 Å². The van der Waals surface area contributed by atoms with E-state index in [1.165, 1.54) is 0 Å². The van der Waals surface area contributed by atoms with Crippen LogP contribution in [0, 0.1) is 0 Å². The largest absolute Gasteiger partial charge is 0.310 e. The number of rotatable bonds is 8. The number of pyridine rings is 1. The molecule has 6 nitrogen and oxygen atoms in total. The highest BCUT2D eigenvalue weighted by Crippen LogP contribution is 2.02. The van der Waals surface area contributed by atoms with Gasteiger partial charge < -0.3 is 5.32 Å². The van der Waals surface area contributed by atoms with Crippen LogP contribution in [-0.2, 0) is 27.9 Å². The van der Waals surface area contributed by atoms with E-state index in [2.05, 4.69) is 5.32 Å². The number of nitrogens with one attached hydrogen (secondary N) is 1. The highest BCUT2D eigenvalue weighted by molar-refractivity contribution is 7.85. The number of carbonyl (C=O) groups excluding carboxylic acids is 1. The summed E-state index contributed by atoms with van der Waals surface area (Å²) in [5.74, 6) is -0.147. The molecule has 1 atom stereocenters. The third kappa shape index (κ3) is 6.23. The van der Waals surface area contributed by atoms with Gasteiger partial charge in [0.05, 0.1) is 11.8 Å². The summed E-state index contributed by atoms with van der Waals surface area (Å²) < 4.78 is 31.7. The Labute approximate surface area is 119 Å². The zero-order chi connectivity index (χ0) is 15.2. The van der Waals surface area contributed by atoms with Crippen molar-refractivity contribution >= 4 is 15.9 Å². The van der Waals surface area contributed by atoms with Gasteiger partial charge in [0.25, 0.3) is 10.1 Å². The molecule has 0 aromatic carbocycles. The van der Waals surface area contributed by atoms with Crippen molar-refractivity contribution in [2.75, 3.05) is 12.8 Å². The van der Waals surface area contributed by atoms with Gasteiger partial charge in [-0.3, -0.25) is 9.35 Å².